The summed E-state index contributed by atoms with van der Waals surface area (Å²) >= 11 is 0. The van der Waals surface area contributed by atoms with Crippen LogP contribution in [0, 0.1) is 13.8 Å². The van der Waals surface area contributed by atoms with E-state index in [-0.39, 0.29) is 23.6 Å². The van der Waals surface area contributed by atoms with Crippen molar-refractivity contribution >= 4 is 17.5 Å². The van der Waals surface area contributed by atoms with Crippen molar-refractivity contribution in [1.82, 2.24) is 5.32 Å². The van der Waals surface area contributed by atoms with Crippen molar-refractivity contribution < 1.29 is 14.0 Å². The quantitative estimate of drug-likeness (QED) is 0.543. The molecule has 2 aromatic carbocycles. The zero-order valence-electron chi connectivity index (χ0n) is 18.7. The number of amides is 2. The van der Waals surface area contributed by atoms with E-state index < -0.39 is 6.04 Å². The number of furan rings is 1. The second-order valence-corrected chi connectivity index (χ2v) is 8.53. The van der Waals surface area contributed by atoms with Crippen molar-refractivity contribution in [3.8, 4) is 0 Å². The monoisotopic (exact) mass is 430 g/mol. The van der Waals surface area contributed by atoms with Gasteiger partial charge in [-0.3, -0.25) is 14.5 Å². The highest BCUT2D eigenvalue weighted by Crippen LogP contribution is 2.33. The molecule has 0 bridgehead atoms. The number of hydrogen-bond acceptors (Lipinski definition) is 3. The van der Waals surface area contributed by atoms with E-state index in [0.29, 0.717) is 5.69 Å². The molecule has 0 radical (unpaired) electrons. The van der Waals surface area contributed by atoms with E-state index in [1.165, 1.54) is 12.7 Å². The third kappa shape index (κ3) is 4.62. The fourth-order valence-electron chi connectivity index (χ4n) is 4.46. The van der Waals surface area contributed by atoms with Crippen LogP contribution in [0.1, 0.15) is 65.4 Å². The highest BCUT2D eigenvalue weighted by atomic mass is 16.3. The van der Waals surface area contributed by atoms with Gasteiger partial charge >= 0.3 is 0 Å². The van der Waals surface area contributed by atoms with Gasteiger partial charge in [0.1, 0.15) is 6.04 Å². The molecule has 2 amide bonds. The first kappa shape index (κ1) is 21.9. The zero-order chi connectivity index (χ0) is 22.5. The number of aryl methyl sites for hydroxylation is 1. The standard InChI is InChI=1S/C27H30N2O3/c1-19-11-9-16-23(20(19)2)29(27(31)24-17-10-18-32-24)25(21-12-5-3-6-13-21)26(30)28-22-14-7-4-8-15-22/h3,5-6,9-13,16-18,22,25H,4,7-8,14-15H2,1-2H3,(H,28,30). The molecule has 1 aliphatic rings. The average Bonchev–Trinajstić information content (AvgIpc) is 3.35. The Morgan fingerprint density at radius 1 is 0.938 bits per heavy atom. The first-order valence-corrected chi connectivity index (χ1v) is 11.3. The van der Waals surface area contributed by atoms with Gasteiger partial charge in [-0.05, 0) is 61.6 Å². The van der Waals surface area contributed by atoms with Gasteiger partial charge in [-0.2, -0.15) is 0 Å². The van der Waals surface area contributed by atoms with Gasteiger partial charge in [-0.25, -0.2) is 0 Å². The highest BCUT2D eigenvalue weighted by molar-refractivity contribution is 6.09. The average molecular weight is 431 g/mol. The number of hydrogen-bond donors (Lipinski definition) is 1. The molecule has 3 aromatic rings. The second-order valence-electron chi connectivity index (χ2n) is 8.53. The summed E-state index contributed by atoms with van der Waals surface area (Å²) in [6, 6.07) is 18.0. The van der Waals surface area contributed by atoms with E-state index in [4.69, 9.17) is 4.42 Å². The number of rotatable bonds is 6. The minimum absolute atomic E-state index is 0.140. The van der Waals surface area contributed by atoms with Crippen LogP contribution in [0.3, 0.4) is 0 Å². The fraction of sp³-hybridized carbons (Fsp3) is 0.333. The Morgan fingerprint density at radius 2 is 1.69 bits per heavy atom. The smallest absolute Gasteiger partial charge is 0.294 e. The predicted molar refractivity (Wildman–Crippen MR) is 126 cm³/mol. The maximum atomic E-state index is 13.8. The molecule has 5 heteroatoms. The zero-order valence-corrected chi connectivity index (χ0v) is 18.7. The Labute approximate surface area is 189 Å². The second kappa shape index (κ2) is 9.86. The van der Waals surface area contributed by atoms with Crippen LogP contribution in [0.2, 0.25) is 0 Å². The maximum Gasteiger partial charge on any atom is 0.294 e. The first-order valence-electron chi connectivity index (χ1n) is 11.3. The van der Waals surface area contributed by atoms with Crippen LogP contribution in [0.25, 0.3) is 0 Å². The lowest BCUT2D eigenvalue weighted by molar-refractivity contribution is -0.123. The summed E-state index contributed by atoms with van der Waals surface area (Å²) in [6.45, 7) is 3.99. The van der Waals surface area contributed by atoms with Gasteiger partial charge in [0, 0.05) is 11.7 Å². The van der Waals surface area contributed by atoms with E-state index in [0.717, 1.165) is 42.4 Å². The SMILES string of the molecule is Cc1cccc(N(C(=O)c2ccco2)C(C(=O)NC2CCCCC2)c2ccccc2)c1C. The summed E-state index contributed by atoms with van der Waals surface area (Å²) in [7, 11) is 0. The third-order valence-corrected chi connectivity index (χ3v) is 6.36. The number of nitrogens with zero attached hydrogens (tertiary/aromatic N) is 1. The van der Waals surface area contributed by atoms with Crippen LogP contribution >= 0.6 is 0 Å². The van der Waals surface area contributed by atoms with E-state index in [2.05, 4.69) is 5.32 Å². The van der Waals surface area contributed by atoms with Crippen molar-refractivity contribution in [2.75, 3.05) is 4.90 Å². The van der Waals surface area contributed by atoms with Crippen LogP contribution in [0.15, 0.2) is 71.3 Å². The van der Waals surface area contributed by atoms with Crippen molar-refractivity contribution in [3.63, 3.8) is 0 Å². The summed E-state index contributed by atoms with van der Waals surface area (Å²) in [4.78, 5) is 29.1. The molecule has 1 saturated carbocycles. The molecule has 4 rings (SSSR count). The van der Waals surface area contributed by atoms with Crippen molar-refractivity contribution in [2.24, 2.45) is 0 Å². The lowest BCUT2D eigenvalue weighted by atomic mass is 9.94. The summed E-state index contributed by atoms with van der Waals surface area (Å²) < 4.78 is 5.46. The molecule has 1 aromatic heterocycles. The van der Waals surface area contributed by atoms with Gasteiger partial charge < -0.3 is 9.73 Å². The van der Waals surface area contributed by atoms with E-state index in [9.17, 15) is 9.59 Å². The van der Waals surface area contributed by atoms with Crippen molar-refractivity contribution in [2.45, 2.75) is 58.0 Å². The molecular weight excluding hydrogens is 400 g/mol. The van der Waals surface area contributed by atoms with Gasteiger partial charge in [0.05, 0.1) is 6.26 Å². The Morgan fingerprint density at radius 3 is 2.38 bits per heavy atom. The summed E-state index contributed by atoms with van der Waals surface area (Å²) in [6.07, 6.45) is 6.87. The molecule has 5 nitrogen and oxygen atoms in total. The molecule has 0 spiro atoms. The topological polar surface area (TPSA) is 62.6 Å². The Balaban J connectivity index is 1.81. The number of carbonyl (C=O) groups is 2. The fourth-order valence-corrected chi connectivity index (χ4v) is 4.46. The van der Waals surface area contributed by atoms with Crippen LogP contribution in [0.4, 0.5) is 5.69 Å². The Hall–Kier alpha value is -3.34. The minimum atomic E-state index is -0.809. The van der Waals surface area contributed by atoms with Crippen molar-refractivity contribution in [3.05, 3.63) is 89.4 Å². The van der Waals surface area contributed by atoms with Gasteiger partial charge in [0.15, 0.2) is 5.76 Å². The minimum Gasteiger partial charge on any atom is -0.459 e. The molecule has 1 fully saturated rings. The third-order valence-electron chi connectivity index (χ3n) is 6.36. The molecule has 1 aliphatic carbocycles. The Kier molecular flexibility index (Phi) is 6.74. The lowest BCUT2D eigenvalue weighted by Gasteiger charge is -2.34. The van der Waals surface area contributed by atoms with Crippen LogP contribution in [-0.4, -0.2) is 17.9 Å². The molecule has 1 heterocycles. The molecule has 0 saturated heterocycles. The normalized spacial score (nSPS) is 15.2. The first-order chi connectivity index (χ1) is 15.6. The molecular formula is C27H30N2O3. The van der Waals surface area contributed by atoms with Gasteiger partial charge in [0.2, 0.25) is 5.91 Å². The predicted octanol–water partition coefficient (Wildman–Crippen LogP) is 5.73. The van der Waals surface area contributed by atoms with Crippen LogP contribution < -0.4 is 10.2 Å². The van der Waals surface area contributed by atoms with Crippen molar-refractivity contribution in [1.29, 1.82) is 0 Å². The number of carbonyl (C=O) groups excluding carboxylic acids is 2. The van der Waals surface area contributed by atoms with Gasteiger partial charge in [-0.1, -0.05) is 61.7 Å². The van der Waals surface area contributed by atoms with E-state index in [1.807, 2.05) is 62.4 Å². The maximum absolute atomic E-state index is 13.8. The molecule has 32 heavy (non-hydrogen) atoms. The lowest BCUT2D eigenvalue weighted by Crippen LogP contribution is -2.47. The summed E-state index contributed by atoms with van der Waals surface area (Å²) in [5.74, 6) is -0.294. The van der Waals surface area contributed by atoms with Crippen LogP contribution in [-0.2, 0) is 4.79 Å². The molecule has 1 atom stereocenters. The summed E-state index contributed by atoms with van der Waals surface area (Å²) in [5.41, 5.74) is 3.48. The number of benzene rings is 2. The number of nitrogens with one attached hydrogen (secondary N) is 1. The summed E-state index contributed by atoms with van der Waals surface area (Å²) in [5, 5.41) is 3.24. The Bertz CT molecular complexity index is 1050. The van der Waals surface area contributed by atoms with Gasteiger partial charge in [-0.15, -0.1) is 0 Å². The molecule has 1 N–H and O–H groups in total. The highest BCUT2D eigenvalue weighted by Gasteiger charge is 2.36. The number of anilines is 1. The molecule has 166 valence electrons. The molecule has 1 unspecified atom stereocenters. The van der Waals surface area contributed by atoms with E-state index in [1.54, 1.807) is 17.0 Å². The van der Waals surface area contributed by atoms with E-state index >= 15 is 0 Å². The largest absolute Gasteiger partial charge is 0.459 e. The van der Waals surface area contributed by atoms with Crippen LogP contribution in [0.5, 0.6) is 0 Å². The van der Waals surface area contributed by atoms with Gasteiger partial charge in [0.25, 0.3) is 5.91 Å². The molecule has 0 aliphatic heterocycles.